The lowest BCUT2D eigenvalue weighted by atomic mass is 9.95. The van der Waals surface area contributed by atoms with Crippen LogP contribution in [0.15, 0.2) is 73.1 Å². The highest BCUT2D eigenvalue weighted by molar-refractivity contribution is 7.57. The summed E-state index contributed by atoms with van der Waals surface area (Å²) in [4.78, 5) is 0. The molecule has 114 valence electrons. The van der Waals surface area contributed by atoms with Crippen molar-refractivity contribution in [2.24, 2.45) is 0 Å². The molecule has 0 amide bonds. The fraction of sp³-hybridized carbons (Fsp3) is 0.111. The summed E-state index contributed by atoms with van der Waals surface area (Å²) in [6.07, 6.45) is 0. The van der Waals surface area contributed by atoms with Crippen LogP contribution >= 0.6 is 7.60 Å². The third-order valence-corrected chi connectivity index (χ3v) is 4.92. The third kappa shape index (κ3) is 3.83. The molecule has 4 heteroatoms. The van der Waals surface area contributed by atoms with E-state index in [1.165, 1.54) is 20.0 Å². The monoisotopic (exact) mass is 314 g/mol. The molecule has 0 aliphatic heterocycles. The molecule has 0 aromatic heterocycles. The largest absolute Gasteiger partial charge is 0.354 e. The second-order valence-corrected chi connectivity index (χ2v) is 6.73. The molecule has 0 N–H and O–H groups in total. The van der Waals surface area contributed by atoms with Crippen molar-refractivity contribution in [2.45, 2.75) is 0 Å². The molecule has 0 saturated carbocycles. The second kappa shape index (κ2) is 7.37. The van der Waals surface area contributed by atoms with Gasteiger partial charge in [-0.1, -0.05) is 67.2 Å². The fourth-order valence-electron chi connectivity index (χ4n) is 2.08. The Kier molecular flexibility index (Phi) is 5.51. The molecule has 0 heterocycles. The lowest BCUT2D eigenvalue weighted by Gasteiger charge is -2.15. The van der Waals surface area contributed by atoms with E-state index >= 15 is 0 Å². The van der Waals surface area contributed by atoms with Crippen molar-refractivity contribution >= 4 is 18.7 Å². The second-order valence-electron chi connectivity index (χ2n) is 4.66. The van der Waals surface area contributed by atoms with E-state index in [1.54, 1.807) is 0 Å². The third-order valence-electron chi connectivity index (χ3n) is 3.33. The maximum absolute atomic E-state index is 12.5. The van der Waals surface area contributed by atoms with Gasteiger partial charge in [0.25, 0.3) is 0 Å². The zero-order valence-electron chi connectivity index (χ0n) is 12.7. The van der Waals surface area contributed by atoms with E-state index in [-0.39, 0.29) is 0 Å². The average Bonchev–Trinajstić information content (AvgIpc) is 2.60. The summed E-state index contributed by atoms with van der Waals surface area (Å²) in [7, 11) is -0.561. The normalized spacial score (nSPS) is 12.2. The van der Waals surface area contributed by atoms with Gasteiger partial charge < -0.3 is 9.05 Å². The van der Waals surface area contributed by atoms with Crippen LogP contribution in [-0.4, -0.2) is 14.2 Å². The van der Waals surface area contributed by atoms with Crippen molar-refractivity contribution in [1.29, 1.82) is 0 Å². The van der Waals surface area contributed by atoms with Gasteiger partial charge in [-0.2, -0.15) is 0 Å². The standard InChI is InChI=1S/C18H19O3P/c1-15(16-10-6-4-7-11-16)18(14-22(19,20-2)21-3)17-12-8-5-9-13-17/h4-14H,1H2,2-3H3/b18-14-. The van der Waals surface area contributed by atoms with Gasteiger partial charge in [-0.25, -0.2) is 0 Å². The van der Waals surface area contributed by atoms with Gasteiger partial charge in [-0.3, -0.25) is 4.57 Å². The predicted octanol–water partition coefficient (Wildman–Crippen LogP) is 5.23. The molecule has 2 aromatic carbocycles. The Morgan fingerprint density at radius 2 is 1.36 bits per heavy atom. The van der Waals surface area contributed by atoms with Crippen LogP contribution < -0.4 is 0 Å². The molecule has 0 aliphatic rings. The highest BCUT2D eigenvalue weighted by Gasteiger charge is 2.21. The van der Waals surface area contributed by atoms with Gasteiger partial charge >= 0.3 is 7.60 Å². The Hall–Kier alpha value is -1.93. The van der Waals surface area contributed by atoms with Crippen LogP contribution in [0, 0.1) is 0 Å². The first-order valence-corrected chi connectivity index (χ1v) is 8.45. The summed E-state index contributed by atoms with van der Waals surface area (Å²) in [5, 5.41) is 0. The molecule has 22 heavy (non-hydrogen) atoms. The number of rotatable bonds is 6. The van der Waals surface area contributed by atoms with E-state index in [2.05, 4.69) is 6.58 Å². The molecular weight excluding hydrogens is 295 g/mol. The molecule has 2 rings (SSSR count). The molecule has 2 aromatic rings. The van der Waals surface area contributed by atoms with E-state index in [1.807, 2.05) is 60.7 Å². The first kappa shape index (κ1) is 16.4. The molecule has 0 aliphatic carbocycles. The summed E-state index contributed by atoms with van der Waals surface area (Å²) in [6.45, 7) is 4.15. The van der Waals surface area contributed by atoms with Gasteiger partial charge in [0.1, 0.15) is 0 Å². The summed E-state index contributed by atoms with van der Waals surface area (Å²) in [5.41, 5.74) is 3.36. The Morgan fingerprint density at radius 1 is 0.909 bits per heavy atom. The molecule has 0 saturated heterocycles. The first-order chi connectivity index (χ1) is 10.6. The molecule has 0 atom stereocenters. The molecule has 0 unspecified atom stereocenters. The van der Waals surface area contributed by atoms with E-state index < -0.39 is 7.60 Å². The average molecular weight is 314 g/mol. The molecule has 0 radical (unpaired) electrons. The Bertz CT molecular complexity index is 698. The first-order valence-electron chi connectivity index (χ1n) is 6.84. The summed E-state index contributed by atoms with van der Waals surface area (Å²) in [5.74, 6) is 1.53. The lowest BCUT2D eigenvalue weighted by Crippen LogP contribution is -1.92. The van der Waals surface area contributed by atoms with Crippen LogP contribution in [0.25, 0.3) is 11.1 Å². The van der Waals surface area contributed by atoms with Gasteiger partial charge in [0, 0.05) is 20.0 Å². The maximum Gasteiger partial charge on any atom is 0.354 e. The van der Waals surface area contributed by atoms with Gasteiger partial charge in [0.15, 0.2) is 0 Å². The van der Waals surface area contributed by atoms with Crippen molar-refractivity contribution < 1.29 is 13.6 Å². The van der Waals surface area contributed by atoms with Gasteiger partial charge in [-0.05, 0) is 22.3 Å². The minimum absolute atomic E-state index is 0.735. The van der Waals surface area contributed by atoms with Gasteiger partial charge in [-0.15, -0.1) is 0 Å². The minimum Gasteiger partial charge on any atom is -0.309 e. The molecular formula is C18H19O3P. The lowest BCUT2D eigenvalue weighted by molar-refractivity contribution is 0.286. The molecule has 0 spiro atoms. The van der Waals surface area contributed by atoms with Crippen molar-refractivity contribution in [3.8, 4) is 0 Å². The fourth-order valence-corrected chi connectivity index (χ4v) is 3.06. The molecule has 0 bridgehead atoms. The summed E-state index contributed by atoms with van der Waals surface area (Å²) in [6, 6.07) is 19.4. The molecule has 0 fully saturated rings. The number of allylic oxidation sites excluding steroid dienone is 2. The Labute approximate surface area is 131 Å². The van der Waals surface area contributed by atoms with Crippen LogP contribution in [0.4, 0.5) is 0 Å². The molecule has 3 nitrogen and oxygen atoms in total. The van der Waals surface area contributed by atoms with Gasteiger partial charge in [0.2, 0.25) is 0 Å². The zero-order chi connectivity index (χ0) is 16.0. The van der Waals surface area contributed by atoms with E-state index in [0.29, 0.717) is 0 Å². The predicted molar refractivity (Wildman–Crippen MR) is 91.5 cm³/mol. The van der Waals surface area contributed by atoms with Gasteiger partial charge in [0.05, 0.1) is 0 Å². The van der Waals surface area contributed by atoms with Crippen LogP contribution in [-0.2, 0) is 13.6 Å². The van der Waals surface area contributed by atoms with Crippen LogP contribution in [0.3, 0.4) is 0 Å². The summed E-state index contributed by atoms with van der Waals surface area (Å²) >= 11 is 0. The zero-order valence-corrected chi connectivity index (χ0v) is 13.6. The van der Waals surface area contributed by atoms with Crippen molar-refractivity contribution in [3.05, 3.63) is 84.2 Å². The van der Waals surface area contributed by atoms with Crippen molar-refractivity contribution in [1.82, 2.24) is 0 Å². The number of hydrogen-bond donors (Lipinski definition) is 0. The van der Waals surface area contributed by atoms with E-state index in [4.69, 9.17) is 9.05 Å². The quantitative estimate of drug-likeness (QED) is 0.541. The Balaban J connectivity index is 2.55. The highest BCUT2D eigenvalue weighted by Crippen LogP contribution is 2.51. The van der Waals surface area contributed by atoms with Crippen LogP contribution in [0.1, 0.15) is 11.1 Å². The topological polar surface area (TPSA) is 35.5 Å². The Morgan fingerprint density at radius 3 is 1.82 bits per heavy atom. The van der Waals surface area contributed by atoms with Crippen molar-refractivity contribution in [3.63, 3.8) is 0 Å². The highest BCUT2D eigenvalue weighted by atomic mass is 31.2. The van der Waals surface area contributed by atoms with Crippen LogP contribution in [0.2, 0.25) is 0 Å². The van der Waals surface area contributed by atoms with Crippen LogP contribution in [0.5, 0.6) is 0 Å². The smallest absolute Gasteiger partial charge is 0.309 e. The maximum atomic E-state index is 12.5. The van der Waals surface area contributed by atoms with E-state index in [0.717, 1.165) is 22.3 Å². The van der Waals surface area contributed by atoms with E-state index in [9.17, 15) is 4.57 Å². The minimum atomic E-state index is -3.30. The number of benzene rings is 2. The summed E-state index contributed by atoms with van der Waals surface area (Å²) < 4.78 is 22.6. The SMILES string of the molecule is C=C(/C(=C/P(=O)(OC)OC)c1ccccc1)c1ccccc1. The van der Waals surface area contributed by atoms with Crippen molar-refractivity contribution in [2.75, 3.05) is 14.2 Å². The number of hydrogen-bond acceptors (Lipinski definition) is 3.